The van der Waals surface area contributed by atoms with Crippen molar-refractivity contribution in [3.05, 3.63) is 97.8 Å². The van der Waals surface area contributed by atoms with Crippen LogP contribution in [-0.4, -0.2) is 19.1 Å². The Morgan fingerprint density at radius 2 is 1.81 bits per heavy atom. The van der Waals surface area contributed by atoms with Crippen LogP contribution in [0.3, 0.4) is 0 Å². The summed E-state index contributed by atoms with van der Waals surface area (Å²) in [6.45, 7) is 6.88. The quantitative estimate of drug-likeness (QED) is 0.254. The molecular weight excluding hydrogens is 522 g/mol. The normalized spacial score (nSPS) is 14.8. The number of amides is 1. The van der Waals surface area contributed by atoms with E-state index in [0.29, 0.717) is 46.9 Å². The van der Waals surface area contributed by atoms with Crippen molar-refractivity contribution >= 4 is 38.5 Å². The molecule has 6 nitrogen and oxygen atoms in total. The Morgan fingerprint density at radius 3 is 2.56 bits per heavy atom. The van der Waals surface area contributed by atoms with Gasteiger partial charge in [0.2, 0.25) is 5.76 Å². The van der Waals surface area contributed by atoms with Crippen LogP contribution in [0, 0.1) is 6.92 Å². The first-order valence-corrected chi connectivity index (χ1v) is 12.8. The van der Waals surface area contributed by atoms with Crippen molar-refractivity contribution in [1.82, 2.24) is 0 Å². The van der Waals surface area contributed by atoms with Gasteiger partial charge in [-0.3, -0.25) is 14.5 Å². The average molecular weight is 548 g/mol. The van der Waals surface area contributed by atoms with Crippen LogP contribution >= 0.6 is 15.9 Å². The minimum absolute atomic E-state index is 0.0607. The second-order valence-electron chi connectivity index (χ2n) is 8.72. The fraction of sp³-hybridized carbons (Fsp3) is 0.241. The van der Waals surface area contributed by atoms with Gasteiger partial charge >= 0.3 is 0 Å². The molecule has 0 radical (unpaired) electrons. The Balaban J connectivity index is 1.76. The minimum Gasteiger partial charge on any atom is -0.490 e. The van der Waals surface area contributed by atoms with E-state index < -0.39 is 6.04 Å². The minimum atomic E-state index is -0.692. The summed E-state index contributed by atoms with van der Waals surface area (Å²) in [5, 5.41) is 0.454. The number of hydrogen-bond donors (Lipinski definition) is 0. The molecule has 1 unspecified atom stereocenters. The molecule has 1 amide bonds. The SMILES string of the molecule is CCCOc1ccc(C2c3c(oc4ccc(C)cc4c3=O)C(=O)N2c2cccc(Br)c2)cc1OCC. The Labute approximate surface area is 217 Å². The van der Waals surface area contributed by atoms with Crippen molar-refractivity contribution in [3.63, 3.8) is 0 Å². The summed E-state index contributed by atoms with van der Waals surface area (Å²) in [5.41, 5.74) is 2.82. The molecule has 0 N–H and O–H groups in total. The molecule has 184 valence electrons. The van der Waals surface area contributed by atoms with E-state index >= 15 is 0 Å². The molecule has 0 bridgehead atoms. The molecule has 1 aromatic heterocycles. The molecule has 0 fully saturated rings. The van der Waals surface area contributed by atoms with Gasteiger partial charge in [-0.15, -0.1) is 0 Å². The van der Waals surface area contributed by atoms with Crippen molar-refractivity contribution in [2.75, 3.05) is 18.1 Å². The highest BCUT2D eigenvalue weighted by Crippen LogP contribution is 2.43. The molecule has 3 aromatic carbocycles. The summed E-state index contributed by atoms with van der Waals surface area (Å²) >= 11 is 3.50. The molecule has 0 saturated carbocycles. The number of halogens is 1. The third kappa shape index (κ3) is 4.17. The Hall–Kier alpha value is -3.58. The van der Waals surface area contributed by atoms with Gasteiger partial charge in [0, 0.05) is 10.2 Å². The average Bonchev–Trinajstić information content (AvgIpc) is 3.16. The van der Waals surface area contributed by atoms with Gasteiger partial charge in [-0.2, -0.15) is 0 Å². The second-order valence-corrected chi connectivity index (χ2v) is 9.63. The fourth-order valence-corrected chi connectivity index (χ4v) is 4.98. The van der Waals surface area contributed by atoms with E-state index in [4.69, 9.17) is 13.9 Å². The highest BCUT2D eigenvalue weighted by molar-refractivity contribution is 9.10. The van der Waals surface area contributed by atoms with E-state index in [2.05, 4.69) is 15.9 Å². The lowest BCUT2D eigenvalue weighted by molar-refractivity contribution is 0.0971. The fourth-order valence-electron chi connectivity index (χ4n) is 4.59. The number of carbonyl (C=O) groups excluding carboxylic acids is 1. The predicted molar refractivity (Wildman–Crippen MR) is 143 cm³/mol. The molecule has 0 aliphatic carbocycles. The Bertz CT molecular complexity index is 1530. The van der Waals surface area contributed by atoms with Crippen LogP contribution in [-0.2, 0) is 0 Å². The molecule has 1 atom stereocenters. The van der Waals surface area contributed by atoms with Crippen LogP contribution in [0.1, 0.15) is 53.6 Å². The summed E-state index contributed by atoms with van der Waals surface area (Å²) in [6.07, 6.45) is 0.863. The van der Waals surface area contributed by atoms with Gasteiger partial charge in [-0.1, -0.05) is 46.6 Å². The van der Waals surface area contributed by atoms with Crippen molar-refractivity contribution < 1.29 is 18.7 Å². The first-order chi connectivity index (χ1) is 17.4. The monoisotopic (exact) mass is 547 g/mol. The van der Waals surface area contributed by atoms with Gasteiger partial charge in [-0.25, -0.2) is 0 Å². The van der Waals surface area contributed by atoms with Crippen LogP contribution in [0.4, 0.5) is 5.69 Å². The zero-order chi connectivity index (χ0) is 25.4. The Kier molecular flexibility index (Phi) is 6.58. The van der Waals surface area contributed by atoms with Gasteiger partial charge < -0.3 is 13.9 Å². The maximum Gasteiger partial charge on any atom is 0.295 e. The van der Waals surface area contributed by atoms with Gasteiger partial charge in [0.1, 0.15) is 5.58 Å². The predicted octanol–water partition coefficient (Wildman–Crippen LogP) is 6.80. The van der Waals surface area contributed by atoms with E-state index in [1.807, 2.05) is 69.3 Å². The van der Waals surface area contributed by atoms with Crippen molar-refractivity contribution in [2.24, 2.45) is 0 Å². The molecule has 1 aliphatic rings. The number of carbonyl (C=O) groups is 1. The molecule has 36 heavy (non-hydrogen) atoms. The summed E-state index contributed by atoms with van der Waals surface area (Å²) in [7, 11) is 0. The third-order valence-electron chi connectivity index (χ3n) is 6.16. The highest BCUT2D eigenvalue weighted by atomic mass is 79.9. The van der Waals surface area contributed by atoms with E-state index in [1.54, 1.807) is 17.0 Å². The first kappa shape index (κ1) is 24.1. The molecule has 2 heterocycles. The zero-order valence-electron chi connectivity index (χ0n) is 20.3. The lowest BCUT2D eigenvalue weighted by Gasteiger charge is -2.26. The number of ether oxygens (including phenoxy) is 2. The van der Waals surface area contributed by atoms with E-state index in [1.165, 1.54) is 0 Å². The largest absolute Gasteiger partial charge is 0.490 e. The first-order valence-electron chi connectivity index (χ1n) is 12.0. The summed E-state index contributed by atoms with van der Waals surface area (Å²) in [6, 6.07) is 17.7. The van der Waals surface area contributed by atoms with E-state index in [-0.39, 0.29) is 17.1 Å². The number of rotatable bonds is 7. The number of benzene rings is 3. The number of hydrogen-bond acceptors (Lipinski definition) is 5. The molecule has 0 saturated heterocycles. The number of aryl methyl sites for hydroxylation is 1. The van der Waals surface area contributed by atoms with Crippen LogP contribution in [0.25, 0.3) is 11.0 Å². The van der Waals surface area contributed by atoms with Crippen LogP contribution in [0.5, 0.6) is 11.5 Å². The van der Waals surface area contributed by atoms with Gasteiger partial charge in [0.05, 0.1) is 30.2 Å². The summed E-state index contributed by atoms with van der Waals surface area (Å²) in [5.74, 6) is 0.893. The number of nitrogens with zero attached hydrogens (tertiary/aromatic N) is 1. The van der Waals surface area contributed by atoms with Gasteiger partial charge in [0.15, 0.2) is 16.9 Å². The summed E-state index contributed by atoms with van der Waals surface area (Å²) < 4.78 is 18.7. The molecule has 5 rings (SSSR count). The van der Waals surface area contributed by atoms with E-state index in [0.717, 1.165) is 22.0 Å². The molecule has 4 aromatic rings. The lowest BCUT2D eigenvalue weighted by atomic mass is 9.97. The maximum absolute atomic E-state index is 13.9. The van der Waals surface area contributed by atoms with Gasteiger partial charge in [-0.05, 0) is 68.3 Å². The van der Waals surface area contributed by atoms with Crippen LogP contribution in [0.2, 0.25) is 0 Å². The molecule has 0 spiro atoms. The molecule has 1 aliphatic heterocycles. The lowest BCUT2D eigenvalue weighted by Crippen LogP contribution is -2.29. The number of fused-ring (bicyclic) bond motifs is 2. The standard InChI is InChI=1S/C29H26BrNO5/c1-4-13-35-23-12-10-18(15-24(23)34-5-2)26-25-27(32)21-14-17(3)9-11-22(21)36-28(25)29(33)31(26)20-8-6-7-19(30)16-20/h6-12,14-16,26H,4-5,13H2,1-3H3. The smallest absolute Gasteiger partial charge is 0.295 e. The van der Waals surface area contributed by atoms with Crippen LogP contribution < -0.4 is 19.8 Å². The van der Waals surface area contributed by atoms with E-state index in [9.17, 15) is 9.59 Å². The third-order valence-corrected chi connectivity index (χ3v) is 6.65. The topological polar surface area (TPSA) is 69.0 Å². The molecule has 7 heteroatoms. The summed E-state index contributed by atoms with van der Waals surface area (Å²) in [4.78, 5) is 29.3. The van der Waals surface area contributed by atoms with Crippen molar-refractivity contribution in [3.8, 4) is 11.5 Å². The van der Waals surface area contributed by atoms with Gasteiger partial charge in [0.25, 0.3) is 5.91 Å². The highest BCUT2D eigenvalue weighted by Gasteiger charge is 2.44. The number of anilines is 1. The van der Waals surface area contributed by atoms with Crippen molar-refractivity contribution in [1.29, 1.82) is 0 Å². The molecular formula is C29H26BrNO5. The second kappa shape index (κ2) is 9.82. The van der Waals surface area contributed by atoms with Crippen LogP contribution in [0.15, 0.2) is 74.3 Å². The maximum atomic E-state index is 13.9. The zero-order valence-corrected chi connectivity index (χ0v) is 21.9. The Morgan fingerprint density at radius 1 is 0.972 bits per heavy atom. The van der Waals surface area contributed by atoms with Crippen molar-refractivity contribution in [2.45, 2.75) is 33.2 Å².